The highest BCUT2D eigenvalue weighted by Crippen LogP contribution is 2.33. The average Bonchev–Trinajstić information content (AvgIpc) is 3.45. The molecule has 2 aliphatic rings. The van der Waals surface area contributed by atoms with Gasteiger partial charge in [0.2, 0.25) is 5.89 Å². The van der Waals surface area contributed by atoms with Crippen LogP contribution in [0.3, 0.4) is 0 Å². The quantitative estimate of drug-likeness (QED) is 0.540. The first kappa shape index (κ1) is 20.4. The minimum atomic E-state index is -0.851. The summed E-state index contributed by atoms with van der Waals surface area (Å²) in [6.45, 7) is 4.05. The second-order valence-corrected chi connectivity index (χ2v) is 8.19. The minimum absolute atomic E-state index is 0.204. The first-order chi connectivity index (χ1) is 15.5. The van der Waals surface area contributed by atoms with Crippen LogP contribution in [0.5, 0.6) is 0 Å². The van der Waals surface area contributed by atoms with E-state index in [1.165, 1.54) is 9.91 Å². The van der Waals surface area contributed by atoms with Crippen molar-refractivity contribution in [2.75, 3.05) is 4.90 Å². The van der Waals surface area contributed by atoms with Crippen LogP contribution in [0.4, 0.5) is 5.69 Å². The minimum Gasteiger partial charge on any atom is -0.441 e. The van der Waals surface area contributed by atoms with E-state index in [-0.39, 0.29) is 18.4 Å². The fourth-order valence-electron chi connectivity index (χ4n) is 3.93. The van der Waals surface area contributed by atoms with E-state index in [9.17, 15) is 9.59 Å². The number of anilines is 1. The molecule has 1 aromatic heterocycles. The van der Waals surface area contributed by atoms with Crippen LogP contribution in [0.15, 0.2) is 63.3 Å². The van der Waals surface area contributed by atoms with Crippen molar-refractivity contribution in [1.82, 2.24) is 9.99 Å². The Morgan fingerprint density at radius 2 is 1.75 bits per heavy atom. The Morgan fingerprint density at radius 3 is 2.44 bits per heavy atom. The lowest BCUT2D eigenvalue weighted by Crippen LogP contribution is -2.39. The number of aryl methyl sites for hydroxylation is 2. The summed E-state index contributed by atoms with van der Waals surface area (Å²) in [7, 11) is 0. The Labute approximate surface area is 189 Å². The lowest BCUT2D eigenvalue weighted by molar-refractivity contribution is -0.123. The Kier molecular flexibility index (Phi) is 5.01. The smallest absolute Gasteiger partial charge is 0.263 e. The van der Waals surface area contributed by atoms with Crippen LogP contribution in [0.25, 0.3) is 11.5 Å². The Bertz CT molecular complexity index is 1220. The molecule has 0 bridgehead atoms. The molecule has 0 saturated carbocycles. The predicted octanol–water partition coefficient (Wildman–Crippen LogP) is 4.36. The Morgan fingerprint density at radius 1 is 1.03 bits per heavy atom. The molecule has 32 heavy (non-hydrogen) atoms. The van der Waals surface area contributed by atoms with Gasteiger partial charge in [-0.1, -0.05) is 35.9 Å². The largest absolute Gasteiger partial charge is 0.441 e. The van der Waals surface area contributed by atoms with Crippen LogP contribution in [0.2, 0.25) is 5.02 Å². The summed E-state index contributed by atoms with van der Waals surface area (Å²) in [5.41, 5.74) is 3.09. The van der Waals surface area contributed by atoms with Crippen molar-refractivity contribution >= 4 is 29.1 Å². The average molecular weight is 450 g/mol. The number of carbonyl (C=O) groups is 2. The molecule has 0 spiro atoms. The van der Waals surface area contributed by atoms with E-state index in [1.807, 2.05) is 31.2 Å². The molecule has 2 atom stereocenters. The number of nitrogens with zero attached hydrogens (tertiary/aromatic N) is 5. The van der Waals surface area contributed by atoms with Gasteiger partial charge < -0.3 is 4.42 Å². The lowest BCUT2D eigenvalue weighted by atomic mass is 10.1. The van der Waals surface area contributed by atoms with Gasteiger partial charge in [0.15, 0.2) is 12.1 Å². The van der Waals surface area contributed by atoms with E-state index in [1.54, 1.807) is 31.2 Å². The number of fused-ring (bicyclic) bond motifs is 1. The molecule has 2 aliphatic heterocycles. The van der Waals surface area contributed by atoms with Crippen LogP contribution in [-0.4, -0.2) is 33.9 Å². The summed E-state index contributed by atoms with van der Waals surface area (Å²) in [4.78, 5) is 31.9. The van der Waals surface area contributed by atoms with Gasteiger partial charge in [-0.3, -0.25) is 14.6 Å². The van der Waals surface area contributed by atoms with Crippen LogP contribution in [0.1, 0.15) is 23.9 Å². The molecule has 5 rings (SSSR count). The van der Waals surface area contributed by atoms with Crippen LogP contribution < -0.4 is 4.90 Å². The molecule has 2 amide bonds. The molecule has 162 valence electrons. The van der Waals surface area contributed by atoms with Gasteiger partial charge in [-0.25, -0.2) is 9.88 Å². The van der Waals surface area contributed by atoms with Crippen LogP contribution in [0, 0.1) is 6.92 Å². The number of aromatic nitrogens is 1. The highest BCUT2D eigenvalue weighted by Gasteiger charge is 2.54. The number of oxazole rings is 1. The number of rotatable bonds is 5. The molecule has 0 radical (unpaired) electrons. The summed E-state index contributed by atoms with van der Waals surface area (Å²) < 4.78 is 5.81. The van der Waals surface area contributed by atoms with Gasteiger partial charge in [0.1, 0.15) is 11.5 Å². The number of hydrogen-bond acceptors (Lipinski definition) is 7. The zero-order valence-electron chi connectivity index (χ0n) is 17.5. The van der Waals surface area contributed by atoms with E-state index in [0.29, 0.717) is 28.1 Å². The monoisotopic (exact) mass is 449 g/mol. The second-order valence-electron chi connectivity index (χ2n) is 7.75. The summed E-state index contributed by atoms with van der Waals surface area (Å²) in [6, 6.07) is 12.9. The Balaban J connectivity index is 1.38. The van der Waals surface area contributed by atoms with E-state index < -0.39 is 12.1 Å². The first-order valence-corrected chi connectivity index (χ1v) is 10.7. The molecule has 2 aromatic carbocycles. The molecule has 0 aliphatic carbocycles. The third kappa shape index (κ3) is 3.36. The van der Waals surface area contributed by atoms with Gasteiger partial charge in [-0.15, -0.1) is 0 Å². The summed E-state index contributed by atoms with van der Waals surface area (Å²) >= 11 is 5.95. The van der Waals surface area contributed by atoms with Crippen molar-refractivity contribution in [1.29, 1.82) is 0 Å². The number of halogens is 1. The molecule has 9 heteroatoms. The Hall–Kier alpha value is -3.52. The zero-order valence-corrected chi connectivity index (χ0v) is 18.3. The number of imide groups is 1. The van der Waals surface area contributed by atoms with Gasteiger partial charge in [-0.05, 0) is 55.3 Å². The molecule has 1 fully saturated rings. The molecule has 3 heterocycles. The van der Waals surface area contributed by atoms with E-state index in [0.717, 1.165) is 17.5 Å². The number of hydrogen-bond donors (Lipinski definition) is 0. The van der Waals surface area contributed by atoms with Crippen molar-refractivity contribution in [2.45, 2.75) is 38.9 Å². The van der Waals surface area contributed by atoms with Crippen molar-refractivity contribution < 1.29 is 14.0 Å². The normalized spacial score (nSPS) is 19.8. The summed E-state index contributed by atoms with van der Waals surface area (Å²) in [5.74, 6) is 0.355. The maximum absolute atomic E-state index is 13.2. The van der Waals surface area contributed by atoms with Gasteiger partial charge in [-0.2, -0.15) is 5.11 Å². The standard InChI is InChI=1S/C23H20ClN5O3/c1-3-14-4-10-17(11-5-14)29-22(30)19-20(23(29)31)28(27-26-19)12-18-13(2)32-21(25-18)15-6-8-16(24)9-7-15/h4-11,19-20H,3,12H2,1-2H3/t19-,20+/m0/s1. The van der Waals surface area contributed by atoms with Crippen LogP contribution in [-0.2, 0) is 22.6 Å². The number of benzene rings is 2. The number of carbonyl (C=O) groups excluding carboxylic acids is 2. The highest BCUT2D eigenvalue weighted by molar-refractivity contribution is 6.30. The van der Waals surface area contributed by atoms with Crippen molar-refractivity contribution in [2.24, 2.45) is 10.3 Å². The van der Waals surface area contributed by atoms with E-state index >= 15 is 0 Å². The van der Waals surface area contributed by atoms with Crippen molar-refractivity contribution in [3.63, 3.8) is 0 Å². The van der Waals surface area contributed by atoms with Gasteiger partial charge in [0.05, 0.1) is 12.2 Å². The van der Waals surface area contributed by atoms with E-state index in [4.69, 9.17) is 16.0 Å². The fraction of sp³-hybridized carbons (Fsp3) is 0.261. The molecule has 3 aromatic rings. The van der Waals surface area contributed by atoms with Gasteiger partial charge in [0, 0.05) is 10.6 Å². The second kappa shape index (κ2) is 7.87. The molecular weight excluding hydrogens is 430 g/mol. The summed E-state index contributed by atoms with van der Waals surface area (Å²) in [6.07, 6.45) is 0.879. The lowest BCUT2D eigenvalue weighted by Gasteiger charge is -2.20. The van der Waals surface area contributed by atoms with Crippen molar-refractivity contribution in [3.05, 3.63) is 70.6 Å². The molecule has 8 nitrogen and oxygen atoms in total. The summed E-state index contributed by atoms with van der Waals surface area (Å²) in [5, 5.41) is 10.3. The maximum Gasteiger partial charge on any atom is 0.263 e. The van der Waals surface area contributed by atoms with Gasteiger partial charge >= 0.3 is 0 Å². The van der Waals surface area contributed by atoms with Crippen LogP contribution >= 0.6 is 11.6 Å². The third-order valence-electron chi connectivity index (χ3n) is 5.76. The maximum atomic E-state index is 13.2. The molecule has 1 saturated heterocycles. The zero-order chi connectivity index (χ0) is 22.4. The first-order valence-electron chi connectivity index (χ1n) is 10.3. The van der Waals surface area contributed by atoms with E-state index in [2.05, 4.69) is 15.3 Å². The third-order valence-corrected chi connectivity index (χ3v) is 6.01. The fourth-order valence-corrected chi connectivity index (χ4v) is 4.06. The molecule has 0 unspecified atom stereocenters. The highest BCUT2D eigenvalue weighted by atomic mass is 35.5. The van der Waals surface area contributed by atoms with Gasteiger partial charge in [0.25, 0.3) is 11.8 Å². The molecular formula is C23H20ClN5O3. The number of amides is 2. The predicted molar refractivity (Wildman–Crippen MR) is 118 cm³/mol. The SMILES string of the molecule is CCc1ccc(N2C(=O)[C@H]3N=NN(Cc4nc(-c5ccc(Cl)cc5)oc4C)[C@H]3C2=O)cc1. The topological polar surface area (TPSA) is 91.4 Å². The molecule has 0 N–H and O–H groups in total. The van der Waals surface area contributed by atoms with Crippen molar-refractivity contribution in [3.8, 4) is 11.5 Å².